The number of likely N-dealkylation sites (tertiary alicyclic amines) is 1. The quantitative estimate of drug-likeness (QED) is 0.326. The molecule has 2 aliphatic rings. The van der Waals surface area contributed by atoms with Gasteiger partial charge in [-0.2, -0.15) is 0 Å². The highest BCUT2D eigenvalue weighted by molar-refractivity contribution is 9.10. The summed E-state index contributed by atoms with van der Waals surface area (Å²) in [6.07, 6.45) is 3.52. The second kappa shape index (κ2) is 9.44. The number of fused-ring (bicyclic) bond motifs is 3. The van der Waals surface area contributed by atoms with Crippen molar-refractivity contribution in [2.45, 2.75) is 52.7 Å². The number of hydrogen-bond acceptors (Lipinski definition) is 6. The number of hydrogen-bond donors (Lipinski definition) is 1. The normalized spacial score (nSPS) is 23.1. The molecule has 9 heteroatoms. The Labute approximate surface area is 225 Å². The number of benzene rings is 2. The van der Waals surface area contributed by atoms with Crippen molar-refractivity contribution in [1.29, 1.82) is 0 Å². The van der Waals surface area contributed by atoms with Gasteiger partial charge in [-0.05, 0) is 66.5 Å². The maximum atomic E-state index is 12.8. The molecule has 2 atom stereocenters. The minimum absolute atomic E-state index is 0.00261. The second-order valence-electron chi connectivity index (χ2n) is 11.4. The van der Waals surface area contributed by atoms with E-state index >= 15 is 0 Å². The molecule has 5 rings (SSSR count). The summed E-state index contributed by atoms with van der Waals surface area (Å²) in [6.45, 7) is 8.64. The first-order chi connectivity index (χ1) is 17.5. The van der Waals surface area contributed by atoms with E-state index in [4.69, 9.17) is 9.47 Å². The molecule has 1 aliphatic heterocycles. The van der Waals surface area contributed by atoms with E-state index in [0.29, 0.717) is 35.2 Å². The maximum Gasteiger partial charge on any atom is 0.295 e. The SMILES string of the molecule is COc1ccc(C(=O)N=Nc2c(O)n(CN3C[C@@]4(C)C[C@H]3CC(C)(C)C4)c3ccc(Br)cc23)cc1OC. The summed E-state index contributed by atoms with van der Waals surface area (Å²) in [5.74, 6) is 0.410. The van der Waals surface area contributed by atoms with Gasteiger partial charge in [0.1, 0.15) is 0 Å². The van der Waals surface area contributed by atoms with Gasteiger partial charge < -0.3 is 14.6 Å². The first-order valence-electron chi connectivity index (χ1n) is 12.5. The van der Waals surface area contributed by atoms with Crippen molar-refractivity contribution < 1.29 is 19.4 Å². The number of rotatable bonds is 6. The Bertz CT molecular complexity index is 1400. The lowest BCUT2D eigenvalue weighted by Gasteiger charge is -2.40. The molecule has 1 aliphatic carbocycles. The second-order valence-corrected chi connectivity index (χ2v) is 12.4. The van der Waals surface area contributed by atoms with Crippen molar-refractivity contribution in [3.05, 3.63) is 46.4 Å². The van der Waals surface area contributed by atoms with Gasteiger partial charge >= 0.3 is 0 Å². The molecule has 0 spiro atoms. The zero-order valence-electron chi connectivity index (χ0n) is 21.9. The molecule has 8 nitrogen and oxygen atoms in total. The van der Waals surface area contributed by atoms with E-state index < -0.39 is 5.91 Å². The smallest absolute Gasteiger partial charge is 0.295 e. The molecule has 1 amide bonds. The molecule has 2 bridgehead atoms. The Morgan fingerprint density at radius 1 is 1.11 bits per heavy atom. The Morgan fingerprint density at radius 2 is 1.86 bits per heavy atom. The molecule has 0 radical (unpaired) electrons. The van der Waals surface area contributed by atoms with Gasteiger partial charge in [-0.25, -0.2) is 0 Å². The van der Waals surface area contributed by atoms with E-state index in [0.717, 1.165) is 28.3 Å². The van der Waals surface area contributed by atoms with Crippen LogP contribution in [0.25, 0.3) is 10.9 Å². The molecule has 1 N–H and O–H groups in total. The number of ether oxygens (including phenoxy) is 2. The molecule has 1 saturated carbocycles. The summed E-state index contributed by atoms with van der Waals surface area (Å²) in [6, 6.07) is 11.1. The van der Waals surface area contributed by atoms with Crippen LogP contribution in [-0.4, -0.2) is 47.3 Å². The lowest BCUT2D eigenvalue weighted by atomic mass is 9.65. The summed E-state index contributed by atoms with van der Waals surface area (Å²) in [5.41, 5.74) is 2.02. The van der Waals surface area contributed by atoms with E-state index in [9.17, 15) is 9.90 Å². The van der Waals surface area contributed by atoms with Gasteiger partial charge in [-0.15, -0.1) is 10.2 Å². The molecule has 2 aromatic carbocycles. The number of halogens is 1. The number of nitrogens with zero attached hydrogens (tertiary/aromatic N) is 4. The number of aromatic nitrogens is 1. The lowest BCUT2D eigenvalue weighted by molar-refractivity contribution is 0.0994. The van der Waals surface area contributed by atoms with Gasteiger partial charge in [0.05, 0.1) is 26.4 Å². The summed E-state index contributed by atoms with van der Waals surface area (Å²) in [5, 5.41) is 20.2. The fraction of sp³-hybridized carbons (Fsp3) is 0.464. The third kappa shape index (κ3) is 4.86. The standard InChI is InChI=1S/C28H33BrN4O4/c1-27(2)12-19-13-28(3,14-27)15-32(19)16-33-21-8-7-18(29)11-20(21)24(26(33)35)30-31-25(34)17-6-9-22(36-4)23(10-17)37-5/h6-11,19,35H,12-16H2,1-5H3/t19-,28+/m1/s1. The van der Waals surface area contributed by atoms with E-state index in [1.807, 2.05) is 22.8 Å². The average molecular weight is 570 g/mol. The first kappa shape index (κ1) is 25.7. The molecule has 1 aromatic heterocycles. The molecule has 1 saturated heterocycles. The summed E-state index contributed by atoms with van der Waals surface area (Å²) < 4.78 is 13.3. The predicted octanol–water partition coefficient (Wildman–Crippen LogP) is 6.91. The highest BCUT2D eigenvalue weighted by Gasteiger charge is 2.49. The van der Waals surface area contributed by atoms with E-state index in [1.54, 1.807) is 18.2 Å². The summed E-state index contributed by atoms with van der Waals surface area (Å²) in [7, 11) is 3.04. The summed E-state index contributed by atoms with van der Waals surface area (Å²) >= 11 is 3.52. The van der Waals surface area contributed by atoms with Crippen molar-refractivity contribution >= 4 is 38.4 Å². The number of carbonyl (C=O) groups is 1. The van der Waals surface area contributed by atoms with E-state index in [1.165, 1.54) is 27.1 Å². The van der Waals surface area contributed by atoms with Crippen LogP contribution in [0.2, 0.25) is 0 Å². The van der Waals surface area contributed by atoms with Crippen molar-refractivity contribution in [2.75, 3.05) is 20.8 Å². The molecular formula is C28H33BrN4O4. The van der Waals surface area contributed by atoms with E-state index in [2.05, 4.69) is 51.8 Å². The Hall–Kier alpha value is -2.91. The average Bonchev–Trinajstić information content (AvgIpc) is 3.24. The number of methoxy groups -OCH3 is 2. The Kier molecular flexibility index (Phi) is 6.56. The van der Waals surface area contributed by atoms with Crippen LogP contribution in [0.1, 0.15) is 50.4 Å². The highest BCUT2D eigenvalue weighted by atomic mass is 79.9. The van der Waals surface area contributed by atoms with Crippen molar-refractivity contribution in [3.63, 3.8) is 0 Å². The van der Waals surface area contributed by atoms with Gasteiger partial charge in [-0.3, -0.25) is 14.3 Å². The Balaban J connectivity index is 1.47. The lowest BCUT2D eigenvalue weighted by Crippen LogP contribution is -2.35. The van der Waals surface area contributed by atoms with Gasteiger partial charge in [0, 0.05) is 28.0 Å². The van der Waals surface area contributed by atoms with Crippen LogP contribution in [0.4, 0.5) is 5.69 Å². The van der Waals surface area contributed by atoms with E-state index in [-0.39, 0.29) is 17.0 Å². The molecule has 2 heterocycles. The highest BCUT2D eigenvalue weighted by Crippen LogP contribution is 2.53. The molecule has 196 valence electrons. The van der Waals surface area contributed by atoms with Crippen molar-refractivity contribution in [3.8, 4) is 17.4 Å². The van der Waals surface area contributed by atoms with Crippen LogP contribution in [0.5, 0.6) is 17.4 Å². The largest absolute Gasteiger partial charge is 0.493 e. The van der Waals surface area contributed by atoms with Crippen LogP contribution < -0.4 is 9.47 Å². The molecule has 37 heavy (non-hydrogen) atoms. The van der Waals surface area contributed by atoms with Gasteiger partial charge in [-0.1, -0.05) is 36.7 Å². The molecule has 0 unspecified atom stereocenters. The predicted molar refractivity (Wildman–Crippen MR) is 146 cm³/mol. The minimum atomic E-state index is -0.542. The topological polar surface area (TPSA) is 88.7 Å². The van der Waals surface area contributed by atoms with Crippen LogP contribution in [0.3, 0.4) is 0 Å². The van der Waals surface area contributed by atoms with Crippen LogP contribution >= 0.6 is 15.9 Å². The molecule has 3 aromatic rings. The number of aromatic hydroxyl groups is 1. The maximum absolute atomic E-state index is 12.8. The third-order valence-corrected chi connectivity index (χ3v) is 8.18. The van der Waals surface area contributed by atoms with Crippen LogP contribution in [0.15, 0.2) is 51.1 Å². The number of amides is 1. The first-order valence-corrected chi connectivity index (χ1v) is 13.2. The zero-order chi connectivity index (χ0) is 26.5. The third-order valence-electron chi connectivity index (χ3n) is 7.69. The molecule has 2 fully saturated rings. The van der Waals surface area contributed by atoms with Crippen molar-refractivity contribution in [1.82, 2.24) is 9.47 Å². The van der Waals surface area contributed by atoms with Crippen LogP contribution in [0, 0.1) is 10.8 Å². The monoisotopic (exact) mass is 568 g/mol. The van der Waals surface area contributed by atoms with Gasteiger partial charge in [0.25, 0.3) is 5.91 Å². The summed E-state index contributed by atoms with van der Waals surface area (Å²) in [4.78, 5) is 15.3. The fourth-order valence-corrected chi connectivity index (χ4v) is 6.94. The van der Waals surface area contributed by atoms with Crippen molar-refractivity contribution in [2.24, 2.45) is 21.1 Å². The molecular weight excluding hydrogens is 536 g/mol. The number of azo groups is 1. The van der Waals surface area contributed by atoms with Gasteiger partial charge in [0.15, 0.2) is 17.2 Å². The minimum Gasteiger partial charge on any atom is -0.493 e. The van der Waals surface area contributed by atoms with Gasteiger partial charge in [0.2, 0.25) is 5.88 Å². The number of carbonyl (C=O) groups excluding carboxylic acids is 1. The Morgan fingerprint density at radius 3 is 2.59 bits per heavy atom. The fourth-order valence-electron chi connectivity index (χ4n) is 6.58. The van der Waals surface area contributed by atoms with Crippen LogP contribution in [-0.2, 0) is 6.67 Å². The zero-order valence-corrected chi connectivity index (χ0v) is 23.5.